The summed E-state index contributed by atoms with van der Waals surface area (Å²) in [5, 5.41) is 18.4. The third-order valence-electron chi connectivity index (χ3n) is 3.59. The smallest absolute Gasteiger partial charge is 0.328 e. The molecule has 1 saturated carbocycles. The predicted octanol–water partition coefficient (Wildman–Crippen LogP) is -0.260. The first-order valence-electron chi connectivity index (χ1n) is 5.31. The number of aromatic amines is 1. The Kier molecular flexibility index (Phi) is 2.44. The van der Waals surface area contributed by atoms with E-state index in [1.165, 1.54) is 10.8 Å². The largest absolute Gasteiger partial charge is 0.392 e. The molecular formula is C11H13N3O3. The van der Waals surface area contributed by atoms with Gasteiger partial charge in [-0.3, -0.25) is 14.3 Å². The van der Waals surface area contributed by atoms with Crippen LogP contribution < -0.4 is 11.2 Å². The summed E-state index contributed by atoms with van der Waals surface area (Å²) in [6, 6.07) is 1.54. The van der Waals surface area contributed by atoms with E-state index >= 15 is 0 Å². The lowest BCUT2D eigenvalue weighted by Crippen LogP contribution is -2.53. The second-order valence-electron chi connectivity index (χ2n) is 4.91. The first-order chi connectivity index (χ1) is 7.87. The summed E-state index contributed by atoms with van der Waals surface area (Å²) >= 11 is 0. The zero-order chi connectivity index (χ0) is 12.8. The molecule has 1 aliphatic rings. The van der Waals surface area contributed by atoms with Gasteiger partial charge in [0.05, 0.1) is 6.10 Å². The van der Waals surface area contributed by atoms with Crippen LogP contribution in [0.15, 0.2) is 15.8 Å². The van der Waals surface area contributed by atoms with Crippen molar-refractivity contribution >= 4 is 0 Å². The van der Waals surface area contributed by atoms with Gasteiger partial charge in [0.1, 0.15) is 11.6 Å². The van der Waals surface area contributed by atoms with Crippen molar-refractivity contribution in [3.05, 3.63) is 32.6 Å². The highest BCUT2D eigenvalue weighted by molar-refractivity contribution is 5.22. The number of hydrogen-bond donors (Lipinski definition) is 2. The number of aliphatic hydroxyl groups is 1. The Morgan fingerprint density at radius 1 is 1.59 bits per heavy atom. The van der Waals surface area contributed by atoms with E-state index < -0.39 is 22.8 Å². The van der Waals surface area contributed by atoms with Crippen LogP contribution >= 0.6 is 0 Å². The lowest BCUT2D eigenvalue weighted by Gasteiger charge is -2.49. The van der Waals surface area contributed by atoms with Crippen LogP contribution in [-0.4, -0.2) is 20.8 Å². The van der Waals surface area contributed by atoms with Crippen molar-refractivity contribution in [3.8, 4) is 6.07 Å². The van der Waals surface area contributed by atoms with E-state index in [1.54, 1.807) is 6.07 Å². The number of nitrogens with one attached hydrogen (secondary N) is 1. The Hall–Kier alpha value is -1.87. The standard InChI is InChI=1S/C11H13N3O3/c1-11(2)7(3-8(11)15)14-5-6(4-12)9(16)13-10(14)17/h5,7-8,15H,3H2,1-2H3,(H,13,16,17). The van der Waals surface area contributed by atoms with Crippen LogP contribution in [0.3, 0.4) is 0 Å². The van der Waals surface area contributed by atoms with E-state index in [0.29, 0.717) is 6.42 Å². The molecule has 0 amide bonds. The fourth-order valence-corrected chi connectivity index (χ4v) is 2.15. The first kappa shape index (κ1) is 11.6. The van der Waals surface area contributed by atoms with Crippen LogP contribution in [0, 0.1) is 16.7 Å². The lowest BCUT2D eigenvalue weighted by atomic mass is 9.64. The van der Waals surface area contributed by atoms with Crippen LogP contribution in [-0.2, 0) is 0 Å². The van der Waals surface area contributed by atoms with Gasteiger partial charge in [0, 0.05) is 17.7 Å². The molecule has 17 heavy (non-hydrogen) atoms. The van der Waals surface area contributed by atoms with Crippen LogP contribution in [0.5, 0.6) is 0 Å². The minimum atomic E-state index is -0.675. The fraction of sp³-hybridized carbons (Fsp3) is 0.545. The molecule has 1 fully saturated rings. The molecular weight excluding hydrogens is 222 g/mol. The average Bonchev–Trinajstić information content (AvgIpc) is 2.27. The van der Waals surface area contributed by atoms with Gasteiger partial charge in [0.15, 0.2) is 0 Å². The van der Waals surface area contributed by atoms with Crippen molar-refractivity contribution in [1.29, 1.82) is 5.26 Å². The Balaban J connectivity index is 2.52. The molecule has 6 nitrogen and oxygen atoms in total. The molecule has 1 heterocycles. The van der Waals surface area contributed by atoms with Crippen LogP contribution in [0.1, 0.15) is 31.9 Å². The van der Waals surface area contributed by atoms with Gasteiger partial charge in [-0.15, -0.1) is 0 Å². The van der Waals surface area contributed by atoms with Crippen LogP contribution in [0.2, 0.25) is 0 Å². The van der Waals surface area contributed by atoms with Crippen LogP contribution in [0.25, 0.3) is 0 Å². The zero-order valence-electron chi connectivity index (χ0n) is 9.60. The SMILES string of the molecule is CC1(C)C(O)CC1n1cc(C#N)c(=O)[nH]c1=O. The molecule has 2 unspecified atom stereocenters. The maximum absolute atomic E-state index is 11.7. The van der Waals surface area contributed by atoms with Gasteiger partial charge in [0.25, 0.3) is 5.56 Å². The van der Waals surface area contributed by atoms with Crippen LogP contribution in [0.4, 0.5) is 0 Å². The van der Waals surface area contributed by atoms with E-state index in [9.17, 15) is 14.7 Å². The van der Waals surface area contributed by atoms with Crippen molar-refractivity contribution in [1.82, 2.24) is 9.55 Å². The highest BCUT2D eigenvalue weighted by Crippen LogP contribution is 2.48. The molecule has 6 heteroatoms. The predicted molar refractivity (Wildman–Crippen MR) is 59.5 cm³/mol. The number of aromatic nitrogens is 2. The molecule has 1 aromatic heterocycles. The minimum absolute atomic E-state index is 0.0956. The van der Waals surface area contributed by atoms with Gasteiger partial charge in [-0.05, 0) is 6.42 Å². The van der Waals surface area contributed by atoms with Gasteiger partial charge >= 0.3 is 5.69 Å². The quantitative estimate of drug-likeness (QED) is 0.700. The molecule has 0 aliphatic heterocycles. The number of H-pyrrole nitrogens is 1. The molecule has 0 saturated heterocycles. The van der Waals surface area contributed by atoms with E-state index in [0.717, 1.165) is 0 Å². The van der Waals surface area contributed by atoms with Crippen molar-refractivity contribution in [2.45, 2.75) is 32.4 Å². The van der Waals surface area contributed by atoms with Gasteiger partial charge in [-0.1, -0.05) is 13.8 Å². The van der Waals surface area contributed by atoms with E-state index in [1.807, 2.05) is 13.8 Å². The molecule has 2 rings (SSSR count). The molecule has 0 bridgehead atoms. The molecule has 2 atom stereocenters. The summed E-state index contributed by atoms with van der Waals surface area (Å²) in [6.45, 7) is 3.69. The summed E-state index contributed by atoms with van der Waals surface area (Å²) in [5.41, 5.74) is -1.75. The normalized spacial score (nSPS) is 26.0. The number of rotatable bonds is 1. The molecule has 90 valence electrons. The highest BCUT2D eigenvalue weighted by Gasteiger charge is 2.48. The topological polar surface area (TPSA) is 98.9 Å². The number of hydrogen-bond acceptors (Lipinski definition) is 4. The first-order valence-corrected chi connectivity index (χ1v) is 5.31. The number of nitriles is 1. The average molecular weight is 235 g/mol. The lowest BCUT2D eigenvalue weighted by molar-refractivity contribution is -0.0909. The Labute approximate surface area is 97.1 Å². The Morgan fingerprint density at radius 2 is 2.24 bits per heavy atom. The summed E-state index contributed by atoms with van der Waals surface area (Å²) in [6.07, 6.45) is 1.24. The maximum Gasteiger partial charge on any atom is 0.328 e. The molecule has 2 N–H and O–H groups in total. The minimum Gasteiger partial charge on any atom is -0.392 e. The third kappa shape index (κ3) is 1.59. The molecule has 0 spiro atoms. The summed E-state index contributed by atoms with van der Waals surface area (Å²) < 4.78 is 1.33. The second kappa shape index (κ2) is 3.57. The van der Waals surface area contributed by atoms with Crippen molar-refractivity contribution in [2.75, 3.05) is 0 Å². The summed E-state index contributed by atoms with van der Waals surface area (Å²) in [7, 11) is 0. The van der Waals surface area contributed by atoms with Gasteiger partial charge in [-0.2, -0.15) is 5.26 Å². The summed E-state index contributed by atoms with van der Waals surface area (Å²) in [5.74, 6) is 0. The summed E-state index contributed by atoms with van der Waals surface area (Å²) in [4.78, 5) is 25.0. The van der Waals surface area contributed by atoms with E-state index in [2.05, 4.69) is 4.98 Å². The molecule has 0 radical (unpaired) electrons. The Bertz CT molecular complexity index is 606. The van der Waals surface area contributed by atoms with Gasteiger partial charge in [-0.25, -0.2) is 4.79 Å². The molecule has 0 aromatic carbocycles. The third-order valence-corrected chi connectivity index (χ3v) is 3.59. The van der Waals surface area contributed by atoms with Crippen molar-refractivity contribution in [2.24, 2.45) is 5.41 Å². The fourth-order valence-electron chi connectivity index (χ4n) is 2.15. The van der Waals surface area contributed by atoms with Crippen molar-refractivity contribution < 1.29 is 5.11 Å². The second-order valence-corrected chi connectivity index (χ2v) is 4.91. The monoisotopic (exact) mass is 235 g/mol. The van der Waals surface area contributed by atoms with Gasteiger partial charge < -0.3 is 5.11 Å². The van der Waals surface area contributed by atoms with Crippen molar-refractivity contribution in [3.63, 3.8) is 0 Å². The van der Waals surface area contributed by atoms with E-state index in [4.69, 9.17) is 5.26 Å². The molecule has 1 aromatic rings. The van der Waals surface area contributed by atoms with E-state index in [-0.39, 0.29) is 11.6 Å². The van der Waals surface area contributed by atoms with Gasteiger partial charge in [0.2, 0.25) is 0 Å². The zero-order valence-corrected chi connectivity index (χ0v) is 9.60. The number of aliphatic hydroxyl groups excluding tert-OH is 1. The highest BCUT2D eigenvalue weighted by atomic mass is 16.3. The number of nitrogens with zero attached hydrogens (tertiary/aromatic N) is 2. The molecule has 1 aliphatic carbocycles. The maximum atomic E-state index is 11.7. The Morgan fingerprint density at radius 3 is 2.71 bits per heavy atom.